The van der Waals surface area contributed by atoms with Gasteiger partial charge in [-0.05, 0) is 37.7 Å². The first-order valence-corrected chi connectivity index (χ1v) is 10.6. The van der Waals surface area contributed by atoms with Gasteiger partial charge in [0.25, 0.3) is 0 Å². The summed E-state index contributed by atoms with van der Waals surface area (Å²) >= 11 is 2.93. The number of thiophene rings is 1. The van der Waals surface area contributed by atoms with Gasteiger partial charge >= 0.3 is 0 Å². The standard InChI is InChI=1S/C18H18N6OS2/c1-2-12(26-18-14-15(21-8-20-14)22-9-23-18)16(25)24-17-11(7-19)10-5-3-4-6-13(10)27-17/h8-9,12H,2-6H2,1H3,(H,24,25)(H,20,21,22,23). The number of thioether (sulfide) groups is 1. The fourth-order valence-corrected chi connectivity index (χ4v) is 5.47. The first-order valence-electron chi connectivity index (χ1n) is 8.87. The van der Waals surface area contributed by atoms with Crippen LogP contribution >= 0.6 is 23.1 Å². The molecule has 9 heteroatoms. The van der Waals surface area contributed by atoms with Crippen LogP contribution in [0.25, 0.3) is 11.2 Å². The van der Waals surface area contributed by atoms with E-state index in [1.54, 1.807) is 17.7 Å². The molecule has 0 radical (unpaired) electrons. The predicted molar refractivity (Wildman–Crippen MR) is 106 cm³/mol. The number of hydrogen-bond acceptors (Lipinski definition) is 7. The van der Waals surface area contributed by atoms with E-state index < -0.39 is 0 Å². The number of carbonyl (C=O) groups excluding carboxylic acids is 1. The summed E-state index contributed by atoms with van der Waals surface area (Å²) in [6, 6.07) is 2.29. The molecule has 27 heavy (non-hydrogen) atoms. The Morgan fingerprint density at radius 2 is 2.26 bits per heavy atom. The van der Waals surface area contributed by atoms with Crippen molar-refractivity contribution in [2.45, 2.75) is 49.3 Å². The van der Waals surface area contributed by atoms with Gasteiger partial charge in [-0.15, -0.1) is 11.3 Å². The summed E-state index contributed by atoms with van der Waals surface area (Å²) in [6.07, 6.45) is 7.84. The fourth-order valence-electron chi connectivity index (χ4n) is 3.25. The fraction of sp³-hybridized carbons (Fsp3) is 0.389. The average molecular weight is 399 g/mol. The zero-order chi connectivity index (χ0) is 18.8. The average Bonchev–Trinajstić information content (AvgIpc) is 3.30. The monoisotopic (exact) mass is 398 g/mol. The molecule has 2 N–H and O–H groups in total. The van der Waals surface area contributed by atoms with Crippen LogP contribution in [0.15, 0.2) is 17.7 Å². The maximum Gasteiger partial charge on any atom is 0.238 e. The van der Waals surface area contributed by atoms with E-state index in [1.165, 1.54) is 23.0 Å². The highest BCUT2D eigenvalue weighted by atomic mass is 32.2. The molecule has 3 heterocycles. The highest BCUT2D eigenvalue weighted by Crippen LogP contribution is 2.38. The SMILES string of the molecule is CCC(Sc1ncnc2nc[nH]c12)C(=O)Nc1sc2c(c1C#N)CCCC2. The number of nitrogens with one attached hydrogen (secondary N) is 2. The summed E-state index contributed by atoms with van der Waals surface area (Å²) in [6.45, 7) is 1.97. The molecule has 1 amide bonds. The van der Waals surface area contributed by atoms with E-state index in [-0.39, 0.29) is 11.2 Å². The molecule has 0 saturated carbocycles. The van der Waals surface area contributed by atoms with Crippen LogP contribution in [0.1, 0.15) is 42.2 Å². The third-order valence-electron chi connectivity index (χ3n) is 4.63. The molecule has 1 unspecified atom stereocenters. The van der Waals surface area contributed by atoms with Crippen molar-refractivity contribution in [3.63, 3.8) is 0 Å². The minimum atomic E-state index is -0.322. The van der Waals surface area contributed by atoms with Gasteiger partial charge in [0, 0.05) is 4.88 Å². The lowest BCUT2D eigenvalue weighted by Gasteiger charge is -2.14. The van der Waals surface area contributed by atoms with Gasteiger partial charge < -0.3 is 10.3 Å². The lowest BCUT2D eigenvalue weighted by atomic mass is 9.96. The Morgan fingerprint density at radius 3 is 3.07 bits per heavy atom. The van der Waals surface area contributed by atoms with Crippen LogP contribution in [0, 0.1) is 11.3 Å². The van der Waals surface area contributed by atoms with Crippen molar-refractivity contribution in [2.24, 2.45) is 0 Å². The van der Waals surface area contributed by atoms with Gasteiger partial charge in [-0.3, -0.25) is 4.79 Å². The molecule has 7 nitrogen and oxygen atoms in total. The first kappa shape index (κ1) is 17.9. The second-order valence-corrected chi connectivity index (χ2v) is 8.61. The van der Waals surface area contributed by atoms with Gasteiger partial charge in [-0.1, -0.05) is 18.7 Å². The molecule has 3 aromatic heterocycles. The largest absolute Gasteiger partial charge is 0.341 e. The number of aryl methyl sites for hydroxylation is 1. The first-order chi connectivity index (χ1) is 13.2. The molecule has 4 rings (SSSR count). The number of rotatable bonds is 5. The molecule has 1 aliphatic rings. The number of fused-ring (bicyclic) bond motifs is 2. The van der Waals surface area contributed by atoms with E-state index in [1.807, 2.05) is 6.92 Å². The van der Waals surface area contributed by atoms with Crippen LogP contribution in [0.5, 0.6) is 0 Å². The summed E-state index contributed by atoms with van der Waals surface area (Å²) < 4.78 is 0. The van der Waals surface area contributed by atoms with E-state index in [4.69, 9.17) is 0 Å². The Hall–Kier alpha value is -2.44. The quantitative estimate of drug-likeness (QED) is 0.501. The van der Waals surface area contributed by atoms with Crippen molar-refractivity contribution in [3.8, 4) is 6.07 Å². The zero-order valence-corrected chi connectivity index (χ0v) is 16.4. The van der Waals surface area contributed by atoms with Crippen molar-refractivity contribution in [3.05, 3.63) is 28.7 Å². The summed E-state index contributed by atoms with van der Waals surface area (Å²) in [4.78, 5) is 29.7. The molecule has 138 valence electrons. The van der Waals surface area contributed by atoms with Crippen LogP contribution in [0.3, 0.4) is 0 Å². The highest BCUT2D eigenvalue weighted by molar-refractivity contribution is 8.00. The van der Waals surface area contributed by atoms with Gasteiger partial charge in [0.1, 0.15) is 27.9 Å². The Labute approximate surface area is 164 Å². The number of hydrogen-bond donors (Lipinski definition) is 2. The Morgan fingerprint density at radius 1 is 1.41 bits per heavy atom. The van der Waals surface area contributed by atoms with E-state index in [0.29, 0.717) is 27.7 Å². The number of amides is 1. The van der Waals surface area contributed by atoms with E-state index in [2.05, 4.69) is 31.3 Å². The maximum atomic E-state index is 12.9. The molecule has 0 aromatic carbocycles. The van der Waals surface area contributed by atoms with Crippen LogP contribution in [0.2, 0.25) is 0 Å². The second kappa shape index (κ2) is 7.66. The maximum absolute atomic E-state index is 12.9. The molecule has 0 fully saturated rings. The van der Waals surface area contributed by atoms with Gasteiger partial charge in [0.15, 0.2) is 5.65 Å². The van der Waals surface area contributed by atoms with Crippen molar-refractivity contribution in [2.75, 3.05) is 5.32 Å². The molecule has 1 atom stereocenters. The van der Waals surface area contributed by atoms with Crippen LogP contribution in [-0.4, -0.2) is 31.1 Å². The van der Waals surface area contributed by atoms with Crippen molar-refractivity contribution in [1.82, 2.24) is 19.9 Å². The Kier molecular flexibility index (Phi) is 5.09. The van der Waals surface area contributed by atoms with Gasteiger partial charge in [0.2, 0.25) is 5.91 Å². The third-order valence-corrected chi connectivity index (χ3v) is 7.20. The molecule has 0 spiro atoms. The molecular weight excluding hydrogens is 380 g/mol. The molecule has 1 aliphatic carbocycles. The number of H-pyrrole nitrogens is 1. The Balaban J connectivity index is 1.56. The van der Waals surface area contributed by atoms with Crippen LogP contribution in [0.4, 0.5) is 5.00 Å². The highest BCUT2D eigenvalue weighted by Gasteiger charge is 2.25. The summed E-state index contributed by atoms with van der Waals surface area (Å²) in [5.74, 6) is -0.108. The Bertz CT molecular complexity index is 1030. The molecule has 0 aliphatic heterocycles. The van der Waals surface area contributed by atoms with Gasteiger partial charge in [0.05, 0.1) is 17.1 Å². The lowest BCUT2D eigenvalue weighted by molar-refractivity contribution is -0.115. The number of carbonyl (C=O) groups is 1. The van der Waals surface area contributed by atoms with Gasteiger partial charge in [-0.25, -0.2) is 15.0 Å². The summed E-state index contributed by atoms with van der Waals surface area (Å²) in [7, 11) is 0. The molecule has 0 bridgehead atoms. The van der Waals surface area contributed by atoms with Crippen molar-refractivity contribution >= 4 is 45.2 Å². The zero-order valence-electron chi connectivity index (χ0n) is 14.8. The number of anilines is 1. The van der Waals surface area contributed by atoms with E-state index in [0.717, 1.165) is 36.8 Å². The smallest absolute Gasteiger partial charge is 0.238 e. The second-order valence-electron chi connectivity index (χ2n) is 6.31. The van der Waals surface area contributed by atoms with E-state index >= 15 is 0 Å². The number of nitrogens with zero attached hydrogens (tertiary/aromatic N) is 4. The van der Waals surface area contributed by atoms with Crippen LogP contribution < -0.4 is 5.32 Å². The number of aromatic amines is 1. The molecule has 3 aromatic rings. The third kappa shape index (κ3) is 3.42. The minimum absolute atomic E-state index is 0.108. The summed E-state index contributed by atoms with van der Waals surface area (Å²) in [5.41, 5.74) is 3.08. The number of nitriles is 1. The van der Waals surface area contributed by atoms with Gasteiger partial charge in [-0.2, -0.15) is 5.26 Å². The molecular formula is C18H18N6OS2. The summed E-state index contributed by atoms with van der Waals surface area (Å²) in [5, 5.41) is 13.6. The lowest BCUT2D eigenvalue weighted by Crippen LogP contribution is -2.24. The van der Waals surface area contributed by atoms with E-state index in [9.17, 15) is 10.1 Å². The van der Waals surface area contributed by atoms with Crippen LogP contribution in [-0.2, 0) is 17.6 Å². The minimum Gasteiger partial charge on any atom is -0.341 e. The van der Waals surface area contributed by atoms with Crippen molar-refractivity contribution < 1.29 is 4.79 Å². The normalized spacial score (nSPS) is 14.5. The van der Waals surface area contributed by atoms with Crippen molar-refractivity contribution in [1.29, 1.82) is 5.26 Å². The predicted octanol–water partition coefficient (Wildman–Crippen LogP) is 3.67. The molecule has 0 saturated heterocycles. The number of imidazole rings is 1. The number of aromatic nitrogens is 4. The topological polar surface area (TPSA) is 107 Å².